The fourth-order valence-corrected chi connectivity index (χ4v) is 2.70. The van der Waals surface area contributed by atoms with E-state index in [9.17, 15) is 4.79 Å². The first-order valence-electron chi connectivity index (χ1n) is 8.01. The van der Waals surface area contributed by atoms with E-state index in [1.807, 2.05) is 19.9 Å². The third-order valence-electron chi connectivity index (χ3n) is 4.01. The minimum absolute atomic E-state index is 0.117. The summed E-state index contributed by atoms with van der Waals surface area (Å²) in [5.41, 5.74) is 0.867. The van der Waals surface area contributed by atoms with Crippen LogP contribution < -0.4 is 5.32 Å². The molecule has 2 N–H and O–H groups in total. The summed E-state index contributed by atoms with van der Waals surface area (Å²) in [5.74, 6) is 1.42. The SMILES string of the molecule is CC(C)c1noc(C2CCCCN2C(=O)NCc2ccn[nH]2)n1. The highest BCUT2D eigenvalue weighted by Gasteiger charge is 2.32. The minimum Gasteiger partial charge on any atom is -0.337 e. The van der Waals surface area contributed by atoms with Crippen LogP contribution in [-0.2, 0) is 6.54 Å². The van der Waals surface area contributed by atoms with E-state index < -0.39 is 0 Å². The highest BCUT2D eigenvalue weighted by molar-refractivity contribution is 5.74. The molecule has 0 radical (unpaired) electrons. The van der Waals surface area contributed by atoms with Gasteiger partial charge in [-0.05, 0) is 25.3 Å². The van der Waals surface area contributed by atoms with E-state index in [4.69, 9.17) is 4.52 Å². The molecule has 2 aromatic rings. The van der Waals surface area contributed by atoms with Crippen molar-refractivity contribution in [1.82, 2.24) is 30.6 Å². The Morgan fingerprint density at radius 2 is 2.39 bits per heavy atom. The largest absolute Gasteiger partial charge is 0.337 e. The molecule has 1 aliphatic heterocycles. The third kappa shape index (κ3) is 3.52. The highest BCUT2D eigenvalue weighted by Crippen LogP contribution is 2.30. The maximum atomic E-state index is 12.5. The van der Waals surface area contributed by atoms with Gasteiger partial charge in [-0.3, -0.25) is 5.10 Å². The van der Waals surface area contributed by atoms with E-state index in [0.29, 0.717) is 24.8 Å². The molecule has 8 heteroatoms. The van der Waals surface area contributed by atoms with Gasteiger partial charge in [-0.2, -0.15) is 10.1 Å². The molecular weight excluding hydrogens is 296 g/mol. The quantitative estimate of drug-likeness (QED) is 0.901. The first-order chi connectivity index (χ1) is 11.1. The molecule has 0 spiro atoms. The first kappa shape index (κ1) is 15.5. The number of carbonyl (C=O) groups excluding carboxylic acids is 1. The van der Waals surface area contributed by atoms with Crippen molar-refractivity contribution in [3.8, 4) is 0 Å². The van der Waals surface area contributed by atoms with Crippen molar-refractivity contribution in [3.05, 3.63) is 29.7 Å². The van der Waals surface area contributed by atoms with Gasteiger partial charge >= 0.3 is 6.03 Å². The van der Waals surface area contributed by atoms with Crippen LogP contribution >= 0.6 is 0 Å². The number of carbonyl (C=O) groups is 1. The van der Waals surface area contributed by atoms with E-state index in [-0.39, 0.29) is 18.0 Å². The molecule has 1 atom stereocenters. The number of hydrogen-bond acceptors (Lipinski definition) is 5. The number of nitrogens with one attached hydrogen (secondary N) is 2. The van der Waals surface area contributed by atoms with Crippen LogP contribution in [0.15, 0.2) is 16.8 Å². The second kappa shape index (κ2) is 6.80. The van der Waals surface area contributed by atoms with Crippen LogP contribution in [0, 0.1) is 0 Å². The molecule has 0 saturated carbocycles. The average molecular weight is 318 g/mol. The van der Waals surface area contributed by atoms with Crippen LogP contribution in [0.2, 0.25) is 0 Å². The van der Waals surface area contributed by atoms with E-state index in [1.54, 1.807) is 11.1 Å². The summed E-state index contributed by atoms with van der Waals surface area (Å²) >= 11 is 0. The zero-order chi connectivity index (χ0) is 16.2. The normalized spacial score (nSPS) is 18.4. The van der Waals surface area contributed by atoms with Crippen molar-refractivity contribution in [1.29, 1.82) is 0 Å². The Labute approximate surface area is 134 Å². The van der Waals surface area contributed by atoms with Crippen LogP contribution in [-0.4, -0.2) is 37.8 Å². The molecule has 0 aliphatic carbocycles. The predicted molar refractivity (Wildman–Crippen MR) is 82.5 cm³/mol. The van der Waals surface area contributed by atoms with E-state index in [0.717, 1.165) is 25.0 Å². The molecule has 1 unspecified atom stereocenters. The molecule has 3 heterocycles. The summed E-state index contributed by atoms with van der Waals surface area (Å²) in [6.45, 7) is 5.15. The Morgan fingerprint density at radius 1 is 1.52 bits per heavy atom. The molecule has 1 aliphatic rings. The van der Waals surface area contributed by atoms with Crippen LogP contribution in [0.25, 0.3) is 0 Å². The van der Waals surface area contributed by atoms with Crippen LogP contribution in [0.3, 0.4) is 0 Å². The predicted octanol–water partition coefficient (Wildman–Crippen LogP) is 2.35. The Balaban J connectivity index is 1.68. The Kier molecular flexibility index (Phi) is 4.59. The summed E-state index contributed by atoms with van der Waals surface area (Å²) in [6, 6.07) is 1.57. The number of amides is 2. The summed E-state index contributed by atoms with van der Waals surface area (Å²) in [5, 5.41) is 13.6. The maximum absolute atomic E-state index is 12.5. The number of likely N-dealkylation sites (tertiary alicyclic amines) is 1. The Morgan fingerprint density at radius 3 is 3.09 bits per heavy atom. The molecule has 3 rings (SSSR count). The molecule has 124 valence electrons. The maximum Gasteiger partial charge on any atom is 0.318 e. The lowest BCUT2D eigenvalue weighted by Gasteiger charge is -2.33. The van der Waals surface area contributed by atoms with Gasteiger partial charge in [-0.15, -0.1) is 0 Å². The fourth-order valence-electron chi connectivity index (χ4n) is 2.70. The summed E-state index contributed by atoms with van der Waals surface area (Å²) in [6.07, 6.45) is 4.54. The van der Waals surface area contributed by atoms with Crippen molar-refractivity contribution in [3.63, 3.8) is 0 Å². The number of rotatable bonds is 4. The van der Waals surface area contributed by atoms with Gasteiger partial charge in [0.15, 0.2) is 5.82 Å². The Hall–Kier alpha value is -2.38. The number of nitrogens with zero attached hydrogens (tertiary/aromatic N) is 4. The summed E-state index contributed by atoms with van der Waals surface area (Å²) in [7, 11) is 0. The zero-order valence-electron chi connectivity index (χ0n) is 13.5. The van der Waals surface area contributed by atoms with Crippen molar-refractivity contribution in [2.75, 3.05) is 6.54 Å². The van der Waals surface area contributed by atoms with Gasteiger partial charge in [-0.1, -0.05) is 19.0 Å². The second-order valence-electron chi connectivity index (χ2n) is 6.09. The van der Waals surface area contributed by atoms with Crippen LogP contribution in [0.5, 0.6) is 0 Å². The number of piperidine rings is 1. The average Bonchev–Trinajstić information content (AvgIpc) is 3.24. The van der Waals surface area contributed by atoms with Gasteiger partial charge < -0.3 is 14.7 Å². The lowest BCUT2D eigenvalue weighted by molar-refractivity contribution is 0.131. The molecule has 1 fully saturated rings. The fraction of sp³-hybridized carbons (Fsp3) is 0.600. The van der Waals surface area contributed by atoms with Crippen LogP contribution in [0.1, 0.15) is 62.5 Å². The van der Waals surface area contributed by atoms with E-state index >= 15 is 0 Å². The number of urea groups is 1. The monoisotopic (exact) mass is 318 g/mol. The standard InChI is InChI=1S/C15H22N6O2/c1-10(2)13-18-14(23-20-13)12-5-3-4-8-21(12)15(22)16-9-11-6-7-17-19-11/h6-7,10,12H,3-5,8-9H2,1-2H3,(H,16,22)(H,17,19). The number of aromatic amines is 1. The van der Waals surface area contributed by atoms with Crippen LogP contribution in [0.4, 0.5) is 4.79 Å². The summed E-state index contributed by atoms with van der Waals surface area (Å²) < 4.78 is 5.40. The number of aromatic nitrogens is 4. The van der Waals surface area contributed by atoms with Gasteiger partial charge in [0.2, 0.25) is 5.89 Å². The van der Waals surface area contributed by atoms with Gasteiger partial charge in [0, 0.05) is 18.7 Å². The van der Waals surface area contributed by atoms with Crippen molar-refractivity contribution in [2.24, 2.45) is 0 Å². The number of H-pyrrole nitrogens is 1. The van der Waals surface area contributed by atoms with Crippen molar-refractivity contribution < 1.29 is 9.32 Å². The lowest BCUT2D eigenvalue weighted by atomic mass is 10.0. The molecule has 1 saturated heterocycles. The number of hydrogen-bond donors (Lipinski definition) is 2. The molecule has 8 nitrogen and oxygen atoms in total. The molecule has 0 bridgehead atoms. The topological polar surface area (TPSA) is 99.9 Å². The lowest BCUT2D eigenvalue weighted by Crippen LogP contribution is -2.44. The van der Waals surface area contributed by atoms with Gasteiger partial charge in [0.05, 0.1) is 12.2 Å². The smallest absolute Gasteiger partial charge is 0.318 e. The van der Waals surface area contributed by atoms with E-state index in [1.165, 1.54) is 0 Å². The minimum atomic E-state index is -0.148. The molecule has 23 heavy (non-hydrogen) atoms. The van der Waals surface area contributed by atoms with E-state index in [2.05, 4.69) is 25.7 Å². The molecule has 2 aromatic heterocycles. The molecule has 0 aromatic carbocycles. The second-order valence-corrected chi connectivity index (χ2v) is 6.09. The molecule has 2 amide bonds. The summed E-state index contributed by atoms with van der Waals surface area (Å²) in [4.78, 5) is 18.8. The van der Waals surface area contributed by atoms with Crippen molar-refractivity contribution >= 4 is 6.03 Å². The third-order valence-corrected chi connectivity index (χ3v) is 4.01. The zero-order valence-corrected chi connectivity index (χ0v) is 13.5. The highest BCUT2D eigenvalue weighted by atomic mass is 16.5. The van der Waals surface area contributed by atoms with Gasteiger partial charge in [0.25, 0.3) is 0 Å². The molecular formula is C15H22N6O2. The van der Waals surface area contributed by atoms with Crippen molar-refractivity contribution in [2.45, 2.75) is 51.6 Å². The first-order valence-corrected chi connectivity index (χ1v) is 8.01. The van der Waals surface area contributed by atoms with Gasteiger partial charge in [0.1, 0.15) is 6.04 Å². The Bertz CT molecular complexity index is 636. The van der Waals surface area contributed by atoms with Gasteiger partial charge in [-0.25, -0.2) is 4.79 Å².